The van der Waals surface area contributed by atoms with E-state index in [0.717, 1.165) is 0 Å². The number of carbonyl (C=O) groups is 3. The van der Waals surface area contributed by atoms with Gasteiger partial charge in [0.25, 0.3) is 5.91 Å². The summed E-state index contributed by atoms with van der Waals surface area (Å²) in [5.41, 5.74) is 0.297. The summed E-state index contributed by atoms with van der Waals surface area (Å²) in [6.45, 7) is 1.17. The topological polar surface area (TPSA) is 54.5 Å². The standard InChI is InChI=1S/C12H12ClNO3/c1-9(15)14(11(16)7-8-13)12(17)10-5-3-2-4-6-10/h2-6H,7-8H2,1H3. The van der Waals surface area contributed by atoms with Crippen LogP contribution in [0.4, 0.5) is 0 Å². The van der Waals surface area contributed by atoms with Crippen LogP contribution in [0.3, 0.4) is 0 Å². The van der Waals surface area contributed by atoms with Crippen molar-refractivity contribution in [3.05, 3.63) is 35.9 Å². The summed E-state index contributed by atoms with van der Waals surface area (Å²) >= 11 is 5.43. The molecule has 4 nitrogen and oxygen atoms in total. The lowest BCUT2D eigenvalue weighted by molar-refractivity contribution is -0.139. The van der Waals surface area contributed by atoms with E-state index in [-0.39, 0.29) is 12.3 Å². The Morgan fingerprint density at radius 2 is 1.76 bits per heavy atom. The highest BCUT2D eigenvalue weighted by Crippen LogP contribution is 2.07. The molecular weight excluding hydrogens is 242 g/mol. The SMILES string of the molecule is CC(=O)N(C(=O)CCCl)C(=O)c1ccccc1. The van der Waals surface area contributed by atoms with Crippen LogP contribution >= 0.6 is 11.6 Å². The molecule has 17 heavy (non-hydrogen) atoms. The molecule has 0 saturated carbocycles. The second kappa shape index (κ2) is 6.15. The average molecular weight is 254 g/mol. The summed E-state index contributed by atoms with van der Waals surface area (Å²) in [5.74, 6) is -1.73. The Hall–Kier alpha value is -1.68. The molecule has 0 saturated heterocycles. The number of benzene rings is 1. The first-order chi connectivity index (χ1) is 8.07. The quantitative estimate of drug-likeness (QED) is 0.773. The minimum Gasteiger partial charge on any atom is -0.274 e. The summed E-state index contributed by atoms with van der Waals surface area (Å²) in [4.78, 5) is 35.5. The Kier molecular flexibility index (Phi) is 4.84. The van der Waals surface area contributed by atoms with Crippen molar-refractivity contribution in [2.75, 3.05) is 5.88 Å². The zero-order chi connectivity index (χ0) is 12.8. The molecule has 0 bridgehead atoms. The van der Waals surface area contributed by atoms with Crippen LogP contribution in [0.25, 0.3) is 0 Å². The molecule has 0 aliphatic rings. The van der Waals surface area contributed by atoms with Crippen molar-refractivity contribution < 1.29 is 14.4 Å². The Balaban J connectivity index is 2.97. The number of carbonyl (C=O) groups excluding carboxylic acids is 3. The lowest BCUT2D eigenvalue weighted by atomic mass is 10.2. The third-order valence-electron chi connectivity index (χ3n) is 2.10. The first-order valence-corrected chi connectivity index (χ1v) is 5.60. The molecule has 0 fully saturated rings. The first kappa shape index (κ1) is 13.4. The van der Waals surface area contributed by atoms with Crippen molar-refractivity contribution >= 4 is 29.3 Å². The van der Waals surface area contributed by atoms with Crippen molar-refractivity contribution in [2.45, 2.75) is 13.3 Å². The zero-order valence-electron chi connectivity index (χ0n) is 9.35. The van der Waals surface area contributed by atoms with Gasteiger partial charge < -0.3 is 0 Å². The van der Waals surface area contributed by atoms with Gasteiger partial charge >= 0.3 is 0 Å². The predicted molar refractivity (Wildman–Crippen MR) is 63.6 cm³/mol. The fourth-order valence-electron chi connectivity index (χ4n) is 1.33. The molecule has 1 rings (SSSR count). The van der Waals surface area contributed by atoms with Gasteiger partial charge in [-0.1, -0.05) is 18.2 Å². The van der Waals surface area contributed by atoms with Crippen LogP contribution in [-0.2, 0) is 9.59 Å². The van der Waals surface area contributed by atoms with Gasteiger partial charge in [-0.25, -0.2) is 4.90 Å². The van der Waals surface area contributed by atoms with E-state index in [4.69, 9.17) is 11.6 Å². The maximum absolute atomic E-state index is 11.9. The molecule has 0 aromatic heterocycles. The summed E-state index contributed by atoms with van der Waals surface area (Å²) in [6.07, 6.45) is -0.0420. The normalized spacial score (nSPS) is 9.76. The van der Waals surface area contributed by atoms with Crippen LogP contribution in [0.5, 0.6) is 0 Å². The van der Waals surface area contributed by atoms with Crippen molar-refractivity contribution in [2.24, 2.45) is 0 Å². The molecule has 0 N–H and O–H groups in total. The first-order valence-electron chi connectivity index (χ1n) is 5.06. The molecule has 0 spiro atoms. The summed E-state index contributed by atoms with van der Waals surface area (Å²) < 4.78 is 0. The molecule has 1 aromatic rings. The number of imide groups is 3. The minimum atomic E-state index is -0.617. The molecule has 90 valence electrons. The Morgan fingerprint density at radius 1 is 1.18 bits per heavy atom. The van der Waals surface area contributed by atoms with Crippen LogP contribution in [-0.4, -0.2) is 28.5 Å². The van der Waals surface area contributed by atoms with Gasteiger partial charge in [0, 0.05) is 24.8 Å². The second-order valence-corrected chi connectivity index (χ2v) is 3.74. The maximum Gasteiger partial charge on any atom is 0.267 e. The van der Waals surface area contributed by atoms with Crippen LogP contribution in [0.1, 0.15) is 23.7 Å². The summed E-state index contributed by atoms with van der Waals surface area (Å²) in [6, 6.07) is 8.17. The van der Waals surface area contributed by atoms with Crippen molar-refractivity contribution in [3.63, 3.8) is 0 Å². The van der Waals surface area contributed by atoms with Gasteiger partial charge in [-0.05, 0) is 12.1 Å². The average Bonchev–Trinajstić information content (AvgIpc) is 2.30. The molecule has 0 aliphatic heterocycles. The molecule has 0 heterocycles. The number of alkyl halides is 1. The van der Waals surface area contributed by atoms with Crippen molar-refractivity contribution in [3.8, 4) is 0 Å². The maximum atomic E-state index is 11.9. The fourth-order valence-corrected chi connectivity index (χ4v) is 1.50. The zero-order valence-corrected chi connectivity index (χ0v) is 10.1. The summed E-state index contributed by atoms with van der Waals surface area (Å²) in [5, 5.41) is 0. The van der Waals surface area contributed by atoms with Crippen LogP contribution in [0.15, 0.2) is 30.3 Å². The van der Waals surface area contributed by atoms with Gasteiger partial charge in [-0.2, -0.15) is 0 Å². The largest absolute Gasteiger partial charge is 0.274 e. The second-order valence-electron chi connectivity index (χ2n) is 3.36. The van der Waals surface area contributed by atoms with E-state index >= 15 is 0 Å². The Morgan fingerprint density at radius 3 is 2.24 bits per heavy atom. The number of halogens is 1. The van der Waals surface area contributed by atoms with Gasteiger partial charge in [-0.15, -0.1) is 11.6 Å². The van der Waals surface area contributed by atoms with Crippen LogP contribution < -0.4 is 0 Å². The van der Waals surface area contributed by atoms with Crippen molar-refractivity contribution in [1.29, 1.82) is 0 Å². The number of rotatable bonds is 3. The van der Waals surface area contributed by atoms with E-state index in [0.29, 0.717) is 10.5 Å². The molecule has 0 aliphatic carbocycles. The molecule has 1 aromatic carbocycles. The van der Waals surface area contributed by atoms with E-state index in [1.807, 2.05) is 0 Å². The summed E-state index contributed by atoms with van der Waals surface area (Å²) in [7, 11) is 0. The molecular formula is C12H12ClNO3. The lowest BCUT2D eigenvalue weighted by Crippen LogP contribution is -2.40. The molecule has 0 unspecified atom stereocenters. The highest BCUT2D eigenvalue weighted by atomic mass is 35.5. The molecule has 5 heteroatoms. The predicted octanol–water partition coefficient (Wildman–Crippen LogP) is 1.83. The van der Waals surface area contributed by atoms with E-state index in [1.54, 1.807) is 30.3 Å². The minimum absolute atomic E-state index is 0.0420. The van der Waals surface area contributed by atoms with Gasteiger partial charge in [0.2, 0.25) is 11.8 Å². The molecule has 3 amide bonds. The third kappa shape index (κ3) is 3.39. The highest BCUT2D eigenvalue weighted by Gasteiger charge is 2.25. The lowest BCUT2D eigenvalue weighted by Gasteiger charge is -2.16. The van der Waals surface area contributed by atoms with Crippen molar-refractivity contribution in [1.82, 2.24) is 4.90 Å². The Labute approximate surface area is 104 Å². The highest BCUT2D eigenvalue weighted by molar-refractivity contribution is 6.21. The number of hydrogen-bond acceptors (Lipinski definition) is 3. The van der Waals surface area contributed by atoms with Crippen LogP contribution in [0.2, 0.25) is 0 Å². The monoisotopic (exact) mass is 253 g/mol. The van der Waals surface area contributed by atoms with Gasteiger partial charge in [-0.3, -0.25) is 14.4 Å². The van der Waals surface area contributed by atoms with Gasteiger partial charge in [0.15, 0.2) is 0 Å². The van der Waals surface area contributed by atoms with E-state index in [2.05, 4.69) is 0 Å². The number of amides is 3. The van der Waals surface area contributed by atoms with Crippen LogP contribution in [0, 0.1) is 0 Å². The number of hydrogen-bond donors (Lipinski definition) is 0. The Bertz CT molecular complexity index is 431. The third-order valence-corrected chi connectivity index (χ3v) is 2.29. The van der Waals surface area contributed by atoms with E-state index in [1.165, 1.54) is 6.92 Å². The fraction of sp³-hybridized carbons (Fsp3) is 0.250. The smallest absolute Gasteiger partial charge is 0.267 e. The van der Waals surface area contributed by atoms with Gasteiger partial charge in [0.1, 0.15) is 0 Å². The molecule has 0 radical (unpaired) electrons. The van der Waals surface area contributed by atoms with E-state index < -0.39 is 17.7 Å². The van der Waals surface area contributed by atoms with E-state index in [9.17, 15) is 14.4 Å². The number of nitrogens with zero attached hydrogens (tertiary/aromatic N) is 1. The van der Waals surface area contributed by atoms with Gasteiger partial charge in [0.05, 0.1) is 0 Å². The molecule has 0 atom stereocenters.